The van der Waals surface area contributed by atoms with Crippen LogP contribution in [0, 0.1) is 0 Å². The summed E-state index contributed by atoms with van der Waals surface area (Å²) in [7, 11) is 4.18. The molecule has 0 heterocycles. The Morgan fingerprint density at radius 2 is 1.27 bits per heavy atom. The molecule has 0 atom stereocenters. The molecule has 0 bridgehead atoms. The smallest absolute Gasteiger partial charge is 0.119 e. The van der Waals surface area contributed by atoms with Crippen LogP contribution in [0.2, 0.25) is 0 Å². The maximum atomic E-state index is 5.90. The Hall–Kier alpha value is -2.78. The minimum Gasteiger partial charge on any atom is -0.494 e. The third kappa shape index (κ3) is 7.23. The van der Waals surface area contributed by atoms with Crippen molar-refractivity contribution in [1.82, 2.24) is 4.90 Å². The predicted molar refractivity (Wildman–Crippen MR) is 128 cm³/mol. The van der Waals surface area contributed by atoms with Crippen LogP contribution in [0.15, 0.2) is 84.9 Å². The number of hydrogen-bond acceptors (Lipinski definition) is 3. The molecular weight excluding hydrogens is 368 g/mol. The van der Waals surface area contributed by atoms with Crippen LogP contribution in [-0.2, 0) is 6.42 Å². The first-order chi connectivity index (χ1) is 14.7. The number of rotatable bonds is 12. The molecule has 3 nitrogen and oxygen atoms in total. The van der Waals surface area contributed by atoms with Crippen LogP contribution in [0.1, 0.15) is 24.8 Å². The molecule has 3 aromatic rings. The molecule has 0 aromatic heterocycles. The first-order valence-corrected chi connectivity index (χ1v) is 11.0. The second-order valence-electron chi connectivity index (χ2n) is 7.93. The van der Waals surface area contributed by atoms with Gasteiger partial charge in [-0.25, -0.2) is 0 Å². The zero-order chi connectivity index (χ0) is 21.0. The Morgan fingerprint density at radius 3 is 1.93 bits per heavy atom. The Balaban J connectivity index is 1.58. The van der Waals surface area contributed by atoms with Gasteiger partial charge in [0.15, 0.2) is 0 Å². The molecule has 0 fully saturated rings. The molecule has 0 spiro atoms. The van der Waals surface area contributed by atoms with Crippen molar-refractivity contribution in [3.05, 3.63) is 90.5 Å². The Bertz CT molecular complexity index is 832. The average molecular weight is 403 g/mol. The Morgan fingerprint density at radius 1 is 0.633 bits per heavy atom. The summed E-state index contributed by atoms with van der Waals surface area (Å²) in [5.74, 6) is 0.939. The first-order valence-electron chi connectivity index (χ1n) is 11.0. The van der Waals surface area contributed by atoms with E-state index in [4.69, 9.17) is 4.74 Å². The molecule has 0 unspecified atom stereocenters. The van der Waals surface area contributed by atoms with Crippen LogP contribution in [0.25, 0.3) is 0 Å². The number of nitrogens with zero attached hydrogens (tertiary/aromatic N) is 2. The molecule has 0 N–H and O–H groups in total. The van der Waals surface area contributed by atoms with Gasteiger partial charge < -0.3 is 14.5 Å². The third-order valence-corrected chi connectivity index (χ3v) is 5.17. The van der Waals surface area contributed by atoms with Crippen LogP contribution in [0.3, 0.4) is 0 Å². The third-order valence-electron chi connectivity index (χ3n) is 5.17. The highest BCUT2D eigenvalue weighted by Crippen LogP contribution is 2.27. The molecule has 0 amide bonds. The highest BCUT2D eigenvalue weighted by Gasteiger charge is 2.09. The molecule has 158 valence electrons. The molecule has 0 saturated carbocycles. The van der Waals surface area contributed by atoms with E-state index < -0.39 is 0 Å². The standard InChI is InChI=1S/C27H34N2O/c1-28(2)21-11-23-30-27-19-17-26(18-20-27)29(25-15-7-4-8-16-25)22-10-9-14-24-12-5-3-6-13-24/h3-8,12-13,15-20H,9-11,14,21-23H2,1-2H3. The lowest BCUT2D eigenvalue weighted by Gasteiger charge is -2.25. The molecule has 3 aromatic carbocycles. The van der Waals surface area contributed by atoms with Gasteiger partial charge in [0, 0.05) is 24.5 Å². The molecule has 3 heteroatoms. The summed E-state index contributed by atoms with van der Waals surface area (Å²) in [6.07, 6.45) is 4.49. The molecular formula is C27H34N2O. The van der Waals surface area contributed by atoms with Crippen molar-refractivity contribution in [2.24, 2.45) is 0 Å². The summed E-state index contributed by atoms with van der Waals surface area (Å²) in [6.45, 7) is 2.79. The summed E-state index contributed by atoms with van der Waals surface area (Å²) in [5.41, 5.74) is 3.86. The minimum atomic E-state index is 0.749. The van der Waals surface area contributed by atoms with Crippen molar-refractivity contribution in [2.75, 3.05) is 38.7 Å². The molecule has 0 aliphatic heterocycles. The van der Waals surface area contributed by atoms with Crippen molar-refractivity contribution < 1.29 is 4.74 Å². The van der Waals surface area contributed by atoms with Crippen molar-refractivity contribution >= 4 is 11.4 Å². The van der Waals surface area contributed by atoms with Gasteiger partial charge in [-0.15, -0.1) is 0 Å². The fraction of sp³-hybridized carbons (Fsp3) is 0.333. The van der Waals surface area contributed by atoms with Crippen LogP contribution in [-0.4, -0.2) is 38.7 Å². The summed E-state index contributed by atoms with van der Waals surface area (Å²) in [6, 6.07) is 29.9. The summed E-state index contributed by atoms with van der Waals surface area (Å²) in [5, 5.41) is 0. The molecule has 0 radical (unpaired) electrons. The first kappa shape index (κ1) is 21.9. The van der Waals surface area contributed by atoms with E-state index in [1.54, 1.807) is 0 Å². The number of unbranched alkanes of at least 4 members (excludes halogenated alkanes) is 1. The van der Waals surface area contributed by atoms with Gasteiger partial charge in [0.2, 0.25) is 0 Å². The second-order valence-corrected chi connectivity index (χ2v) is 7.93. The van der Waals surface area contributed by atoms with Crippen molar-refractivity contribution in [3.8, 4) is 5.75 Å². The SMILES string of the molecule is CN(C)CCCOc1ccc(N(CCCCc2ccccc2)c2ccccc2)cc1. The zero-order valence-corrected chi connectivity index (χ0v) is 18.3. The highest BCUT2D eigenvalue weighted by atomic mass is 16.5. The van der Waals surface area contributed by atoms with E-state index in [0.29, 0.717) is 0 Å². The van der Waals surface area contributed by atoms with Gasteiger partial charge >= 0.3 is 0 Å². The number of benzene rings is 3. The molecule has 3 rings (SSSR count). The number of hydrogen-bond donors (Lipinski definition) is 0. The van der Waals surface area contributed by atoms with Gasteiger partial charge in [-0.3, -0.25) is 0 Å². The van der Waals surface area contributed by atoms with E-state index in [-0.39, 0.29) is 0 Å². The average Bonchev–Trinajstić information content (AvgIpc) is 2.78. The summed E-state index contributed by atoms with van der Waals surface area (Å²) < 4.78 is 5.90. The number of aryl methyl sites for hydroxylation is 1. The minimum absolute atomic E-state index is 0.749. The maximum absolute atomic E-state index is 5.90. The van der Waals surface area contributed by atoms with Gasteiger partial charge in [0.25, 0.3) is 0 Å². The van der Waals surface area contributed by atoms with Crippen molar-refractivity contribution in [1.29, 1.82) is 0 Å². The quantitative estimate of drug-likeness (QED) is 0.337. The van der Waals surface area contributed by atoms with E-state index in [2.05, 4.69) is 109 Å². The van der Waals surface area contributed by atoms with E-state index in [1.165, 1.54) is 23.4 Å². The Labute approximate surface area is 181 Å². The van der Waals surface area contributed by atoms with Crippen molar-refractivity contribution in [3.63, 3.8) is 0 Å². The van der Waals surface area contributed by atoms with Crippen LogP contribution >= 0.6 is 0 Å². The van der Waals surface area contributed by atoms with E-state index in [9.17, 15) is 0 Å². The van der Waals surface area contributed by atoms with Crippen LogP contribution in [0.4, 0.5) is 11.4 Å². The lowest BCUT2D eigenvalue weighted by atomic mass is 10.1. The van der Waals surface area contributed by atoms with Gasteiger partial charge in [-0.2, -0.15) is 0 Å². The van der Waals surface area contributed by atoms with Gasteiger partial charge in [0.05, 0.1) is 6.61 Å². The lowest BCUT2D eigenvalue weighted by Crippen LogP contribution is -2.18. The van der Waals surface area contributed by atoms with Gasteiger partial charge in [-0.1, -0.05) is 48.5 Å². The van der Waals surface area contributed by atoms with Gasteiger partial charge in [0.1, 0.15) is 5.75 Å². The van der Waals surface area contributed by atoms with Gasteiger partial charge in [-0.05, 0) is 81.7 Å². The molecule has 0 aliphatic rings. The number of anilines is 2. The molecule has 30 heavy (non-hydrogen) atoms. The predicted octanol–water partition coefficient (Wildman–Crippen LogP) is 6.18. The van der Waals surface area contributed by atoms with Crippen molar-refractivity contribution in [2.45, 2.75) is 25.7 Å². The zero-order valence-electron chi connectivity index (χ0n) is 18.3. The van der Waals surface area contributed by atoms with Crippen LogP contribution in [0.5, 0.6) is 5.75 Å². The number of ether oxygens (including phenoxy) is 1. The second kappa shape index (κ2) is 12.0. The largest absolute Gasteiger partial charge is 0.494 e. The maximum Gasteiger partial charge on any atom is 0.119 e. The monoisotopic (exact) mass is 402 g/mol. The number of para-hydroxylation sites is 1. The fourth-order valence-corrected chi connectivity index (χ4v) is 3.55. The Kier molecular flexibility index (Phi) is 8.80. The summed E-state index contributed by atoms with van der Waals surface area (Å²) >= 11 is 0. The van der Waals surface area contributed by atoms with E-state index >= 15 is 0 Å². The lowest BCUT2D eigenvalue weighted by molar-refractivity contribution is 0.281. The highest BCUT2D eigenvalue weighted by molar-refractivity contribution is 5.63. The van der Waals surface area contributed by atoms with Crippen LogP contribution < -0.4 is 9.64 Å². The van der Waals surface area contributed by atoms with E-state index in [1.807, 2.05) is 0 Å². The van der Waals surface area contributed by atoms with E-state index in [0.717, 1.165) is 44.7 Å². The fourth-order valence-electron chi connectivity index (χ4n) is 3.55. The normalized spacial score (nSPS) is 10.9. The molecule has 0 saturated heterocycles. The summed E-state index contributed by atoms with van der Waals surface area (Å²) in [4.78, 5) is 4.59. The molecule has 0 aliphatic carbocycles. The topological polar surface area (TPSA) is 15.7 Å².